The summed E-state index contributed by atoms with van der Waals surface area (Å²) in [6.45, 7) is 2.35. The van der Waals surface area contributed by atoms with E-state index in [0.29, 0.717) is 6.54 Å². The molecule has 0 aromatic heterocycles. The van der Waals surface area contributed by atoms with Gasteiger partial charge in [0.2, 0.25) is 0 Å². The van der Waals surface area contributed by atoms with E-state index in [2.05, 4.69) is 40.8 Å². The molecule has 2 atom stereocenters. The predicted octanol–water partition coefficient (Wildman–Crippen LogP) is 3.34. The zero-order valence-electron chi connectivity index (χ0n) is 12.1. The molecule has 0 saturated carbocycles. The van der Waals surface area contributed by atoms with E-state index in [4.69, 9.17) is 5.73 Å². The van der Waals surface area contributed by atoms with Crippen LogP contribution in [0.3, 0.4) is 0 Å². The molecule has 1 aliphatic carbocycles. The van der Waals surface area contributed by atoms with E-state index in [1.54, 1.807) is 0 Å². The van der Waals surface area contributed by atoms with Crippen molar-refractivity contribution in [1.82, 2.24) is 0 Å². The SMILES string of the molecule is CC(O)(c1ccc(I)cc1)C1(CN)CCc2ccccc21. The Labute approximate surface area is 139 Å². The Bertz CT molecular complexity index is 651. The Morgan fingerprint density at radius 3 is 2.52 bits per heavy atom. The molecule has 0 heterocycles. The minimum absolute atomic E-state index is 0.406. The van der Waals surface area contributed by atoms with Gasteiger partial charge in [0.25, 0.3) is 0 Å². The van der Waals surface area contributed by atoms with Crippen LogP contribution < -0.4 is 5.73 Å². The van der Waals surface area contributed by atoms with Crippen LogP contribution in [0, 0.1) is 3.57 Å². The van der Waals surface area contributed by atoms with Gasteiger partial charge in [0.15, 0.2) is 0 Å². The summed E-state index contributed by atoms with van der Waals surface area (Å²) in [5.74, 6) is 0. The van der Waals surface area contributed by atoms with E-state index >= 15 is 0 Å². The van der Waals surface area contributed by atoms with Crippen LogP contribution in [0.25, 0.3) is 0 Å². The van der Waals surface area contributed by atoms with Crippen molar-refractivity contribution in [1.29, 1.82) is 0 Å². The molecule has 0 saturated heterocycles. The molecule has 0 spiro atoms. The largest absolute Gasteiger partial charge is 0.384 e. The number of hydrogen-bond donors (Lipinski definition) is 2. The van der Waals surface area contributed by atoms with E-state index in [1.165, 1.54) is 14.7 Å². The molecule has 3 heteroatoms. The Kier molecular flexibility index (Phi) is 3.84. The molecular formula is C18H20INO. The van der Waals surface area contributed by atoms with Crippen molar-refractivity contribution >= 4 is 22.6 Å². The summed E-state index contributed by atoms with van der Waals surface area (Å²) in [7, 11) is 0. The lowest BCUT2D eigenvalue weighted by Crippen LogP contribution is -2.51. The zero-order valence-corrected chi connectivity index (χ0v) is 14.3. The van der Waals surface area contributed by atoms with Crippen LogP contribution in [0.4, 0.5) is 0 Å². The molecule has 110 valence electrons. The van der Waals surface area contributed by atoms with E-state index in [9.17, 15) is 5.11 Å². The summed E-state index contributed by atoms with van der Waals surface area (Å²) in [4.78, 5) is 0. The average molecular weight is 393 g/mol. The molecule has 3 N–H and O–H groups in total. The number of rotatable bonds is 3. The number of halogens is 1. The maximum atomic E-state index is 11.4. The quantitative estimate of drug-likeness (QED) is 0.786. The predicted molar refractivity (Wildman–Crippen MR) is 94.2 cm³/mol. The molecule has 1 aliphatic rings. The summed E-state index contributed by atoms with van der Waals surface area (Å²) >= 11 is 2.28. The molecule has 0 radical (unpaired) electrons. The molecule has 0 amide bonds. The third kappa shape index (κ3) is 2.22. The number of nitrogens with two attached hydrogens (primary N) is 1. The molecule has 2 nitrogen and oxygen atoms in total. The van der Waals surface area contributed by atoms with Crippen LogP contribution in [0.2, 0.25) is 0 Å². The monoisotopic (exact) mass is 393 g/mol. The highest BCUT2D eigenvalue weighted by Crippen LogP contribution is 2.50. The maximum Gasteiger partial charge on any atom is 0.0977 e. The van der Waals surface area contributed by atoms with Crippen LogP contribution in [0.1, 0.15) is 30.0 Å². The second kappa shape index (κ2) is 5.38. The van der Waals surface area contributed by atoms with Gasteiger partial charge in [-0.2, -0.15) is 0 Å². The summed E-state index contributed by atoms with van der Waals surface area (Å²) in [5.41, 5.74) is 8.25. The molecule has 3 rings (SSSR count). The highest BCUT2D eigenvalue weighted by atomic mass is 127. The van der Waals surface area contributed by atoms with Gasteiger partial charge >= 0.3 is 0 Å². The highest BCUT2D eigenvalue weighted by molar-refractivity contribution is 14.1. The third-order valence-corrected chi connectivity index (χ3v) is 5.76. The fraction of sp³-hybridized carbons (Fsp3) is 0.333. The van der Waals surface area contributed by atoms with Gasteiger partial charge in [0.05, 0.1) is 5.60 Å². The summed E-state index contributed by atoms with van der Waals surface area (Å²) < 4.78 is 1.17. The molecule has 0 bridgehead atoms. The molecule has 0 fully saturated rings. The Hall–Kier alpha value is -0.910. The van der Waals surface area contributed by atoms with Crippen LogP contribution in [0.15, 0.2) is 48.5 Å². The van der Waals surface area contributed by atoms with Crippen molar-refractivity contribution in [3.8, 4) is 0 Å². The van der Waals surface area contributed by atoms with Crippen LogP contribution >= 0.6 is 22.6 Å². The Balaban J connectivity index is 2.14. The second-order valence-electron chi connectivity index (χ2n) is 6.02. The van der Waals surface area contributed by atoms with Crippen LogP contribution in [-0.2, 0) is 17.4 Å². The van der Waals surface area contributed by atoms with Gasteiger partial charge in [-0.1, -0.05) is 36.4 Å². The lowest BCUT2D eigenvalue weighted by molar-refractivity contribution is -0.0259. The molecule has 21 heavy (non-hydrogen) atoms. The zero-order chi connectivity index (χ0) is 15.1. The second-order valence-corrected chi connectivity index (χ2v) is 7.27. The first-order chi connectivity index (χ1) is 10.0. The fourth-order valence-electron chi connectivity index (χ4n) is 3.65. The van der Waals surface area contributed by atoms with Crippen molar-refractivity contribution < 1.29 is 5.11 Å². The first-order valence-electron chi connectivity index (χ1n) is 7.28. The van der Waals surface area contributed by atoms with E-state index in [-0.39, 0.29) is 0 Å². The standard InChI is InChI=1S/C18H20INO/c1-17(21,14-6-8-15(19)9-7-14)18(12-20)11-10-13-4-2-3-5-16(13)18/h2-9,21H,10-12,20H2,1H3. The van der Waals surface area contributed by atoms with Crippen molar-refractivity contribution in [3.05, 3.63) is 68.8 Å². The maximum absolute atomic E-state index is 11.4. The van der Waals surface area contributed by atoms with Crippen LogP contribution in [0.5, 0.6) is 0 Å². The number of aliphatic hydroxyl groups is 1. The topological polar surface area (TPSA) is 46.2 Å². The molecule has 2 aromatic carbocycles. The van der Waals surface area contributed by atoms with Gasteiger partial charge in [-0.25, -0.2) is 0 Å². The minimum Gasteiger partial charge on any atom is -0.384 e. The number of fused-ring (bicyclic) bond motifs is 1. The summed E-state index contributed by atoms with van der Waals surface area (Å²) in [5, 5.41) is 11.4. The van der Waals surface area contributed by atoms with Gasteiger partial charge in [-0.05, 0) is 71.2 Å². The van der Waals surface area contributed by atoms with Gasteiger partial charge in [0.1, 0.15) is 0 Å². The summed E-state index contributed by atoms with van der Waals surface area (Å²) in [6, 6.07) is 16.5. The Morgan fingerprint density at radius 1 is 1.19 bits per heavy atom. The van der Waals surface area contributed by atoms with Crippen molar-refractivity contribution in [2.75, 3.05) is 6.54 Å². The lowest BCUT2D eigenvalue weighted by atomic mass is 9.66. The van der Waals surface area contributed by atoms with Crippen molar-refractivity contribution in [3.63, 3.8) is 0 Å². The smallest absolute Gasteiger partial charge is 0.0977 e. The number of hydrogen-bond acceptors (Lipinski definition) is 2. The minimum atomic E-state index is -0.974. The summed E-state index contributed by atoms with van der Waals surface area (Å²) in [6.07, 6.45) is 1.87. The number of benzene rings is 2. The van der Waals surface area contributed by atoms with Gasteiger partial charge < -0.3 is 10.8 Å². The molecule has 0 aliphatic heterocycles. The number of aryl methyl sites for hydroxylation is 1. The molecular weight excluding hydrogens is 373 g/mol. The fourth-order valence-corrected chi connectivity index (χ4v) is 4.01. The van der Waals surface area contributed by atoms with E-state index in [0.717, 1.165) is 18.4 Å². The first kappa shape index (κ1) is 15.0. The molecule has 2 unspecified atom stereocenters. The first-order valence-corrected chi connectivity index (χ1v) is 8.36. The van der Waals surface area contributed by atoms with E-state index < -0.39 is 11.0 Å². The average Bonchev–Trinajstić information content (AvgIpc) is 2.88. The Morgan fingerprint density at radius 2 is 1.86 bits per heavy atom. The van der Waals surface area contributed by atoms with Gasteiger partial charge in [-0.3, -0.25) is 0 Å². The van der Waals surface area contributed by atoms with Crippen molar-refractivity contribution in [2.24, 2.45) is 5.73 Å². The highest BCUT2D eigenvalue weighted by Gasteiger charge is 2.51. The van der Waals surface area contributed by atoms with E-state index in [1.807, 2.05) is 37.3 Å². The van der Waals surface area contributed by atoms with Crippen molar-refractivity contribution in [2.45, 2.75) is 30.8 Å². The van der Waals surface area contributed by atoms with Crippen LogP contribution in [-0.4, -0.2) is 11.7 Å². The molecule has 2 aromatic rings. The van der Waals surface area contributed by atoms with Gasteiger partial charge in [-0.15, -0.1) is 0 Å². The normalized spacial score (nSPS) is 23.6. The third-order valence-electron chi connectivity index (χ3n) is 5.04. The van der Waals surface area contributed by atoms with Gasteiger partial charge in [0, 0.05) is 15.5 Å². The lowest BCUT2D eigenvalue weighted by Gasteiger charge is -2.43.